The third kappa shape index (κ3) is 7.70. The molecule has 0 aliphatic carbocycles. The summed E-state index contributed by atoms with van der Waals surface area (Å²) in [5.74, 6) is 0.939. The van der Waals surface area contributed by atoms with E-state index in [-0.39, 0.29) is 29.4 Å². The summed E-state index contributed by atoms with van der Waals surface area (Å²) in [6.07, 6.45) is 1.14. The van der Waals surface area contributed by atoms with Gasteiger partial charge in [0.15, 0.2) is 5.96 Å². The molecule has 1 saturated heterocycles. The van der Waals surface area contributed by atoms with Crippen LogP contribution in [0.5, 0.6) is 0 Å². The zero-order valence-corrected chi connectivity index (χ0v) is 19.3. The van der Waals surface area contributed by atoms with Gasteiger partial charge in [0, 0.05) is 44.5 Å². The summed E-state index contributed by atoms with van der Waals surface area (Å²) in [5.41, 5.74) is 1.47. The summed E-state index contributed by atoms with van der Waals surface area (Å²) < 4.78 is 0. The molecular formula is C20H36IN5. The van der Waals surface area contributed by atoms with Gasteiger partial charge in [-0.2, -0.15) is 0 Å². The van der Waals surface area contributed by atoms with Gasteiger partial charge in [-0.05, 0) is 45.0 Å². The van der Waals surface area contributed by atoms with Gasteiger partial charge in [-0.15, -0.1) is 24.0 Å². The molecule has 1 aromatic carbocycles. The molecule has 2 N–H and O–H groups in total. The lowest BCUT2D eigenvalue weighted by atomic mass is 9.93. The summed E-state index contributed by atoms with van der Waals surface area (Å²) in [6, 6.07) is 11.1. The Hall–Kier alpha value is -1.02. The van der Waals surface area contributed by atoms with Crippen LogP contribution in [-0.2, 0) is 0 Å². The minimum Gasteiger partial charge on any atom is -0.369 e. The number of halogens is 1. The molecule has 1 fully saturated rings. The van der Waals surface area contributed by atoms with Crippen LogP contribution in [0.15, 0.2) is 35.3 Å². The van der Waals surface area contributed by atoms with Crippen LogP contribution < -0.4 is 15.5 Å². The maximum absolute atomic E-state index is 4.85. The smallest absolute Gasteiger partial charge is 0.191 e. The van der Waals surface area contributed by atoms with Gasteiger partial charge < -0.3 is 20.4 Å². The molecule has 6 heteroatoms. The van der Waals surface area contributed by atoms with Crippen molar-refractivity contribution in [2.75, 3.05) is 51.7 Å². The van der Waals surface area contributed by atoms with Crippen LogP contribution in [-0.4, -0.2) is 63.7 Å². The molecule has 1 unspecified atom stereocenters. The molecule has 1 aromatic rings. The molecule has 2 rings (SSSR count). The van der Waals surface area contributed by atoms with Gasteiger partial charge in [0.05, 0.1) is 0 Å². The molecule has 0 bridgehead atoms. The van der Waals surface area contributed by atoms with Crippen LogP contribution in [0.25, 0.3) is 0 Å². The Morgan fingerprint density at radius 1 is 1.27 bits per heavy atom. The predicted molar refractivity (Wildman–Crippen MR) is 124 cm³/mol. The highest BCUT2D eigenvalue weighted by atomic mass is 127. The summed E-state index contributed by atoms with van der Waals surface area (Å²) in [5, 5.41) is 7.02. The Bertz CT molecular complexity index is 544. The normalized spacial score (nSPS) is 18.0. The van der Waals surface area contributed by atoms with Crippen molar-refractivity contribution >= 4 is 35.6 Å². The van der Waals surface area contributed by atoms with Crippen molar-refractivity contribution < 1.29 is 0 Å². The van der Waals surface area contributed by atoms with E-state index in [2.05, 4.69) is 85.6 Å². The minimum absolute atomic E-state index is 0. The largest absolute Gasteiger partial charge is 0.369 e. The second-order valence-corrected chi connectivity index (χ2v) is 8.01. The number of guanidine groups is 1. The fourth-order valence-electron chi connectivity index (χ4n) is 3.46. The van der Waals surface area contributed by atoms with Crippen molar-refractivity contribution in [1.82, 2.24) is 15.5 Å². The molecule has 26 heavy (non-hydrogen) atoms. The maximum atomic E-state index is 4.85. The fourth-order valence-corrected chi connectivity index (χ4v) is 3.46. The molecule has 0 aromatic heterocycles. The van der Waals surface area contributed by atoms with Crippen molar-refractivity contribution in [3.63, 3.8) is 0 Å². The number of hydrogen-bond donors (Lipinski definition) is 2. The van der Waals surface area contributed by atoms with Crippen molar-refractivity contribution in [3.05, 3.63) is 30.3 Å². The van der Waals surface area contributed by atoms with Crippen LogP contribution in [0.2, 0.25) is 0 Å². The Labute approximate surface area is 176 Å². The van der Waals surface area contributed by atoms with Crippen molar-refractivity contribution in [3.8, 4) is 0 Å². The molecule has 0 amide bonds. The number of nitrogens with one attached hydrogen (secondary N) is 2. The van der Waals surface area contributed by atoms with E-state index in [0.29, 0.717) is 6.04 Å². The van der Waals surface area contributed by atoms with Gasteiger partial charge >= 0.3 is 0 Å². The van der Waals surface area contributed by atoms with Gasteiger partial charge in [0.2, 0.25) is 0 Å². The number of benzene rings is 1. The molecule has 148 valence electrons. The maximum Gasteiger partial charge on any atom is 0.191 e. The number of nitrogens with zero attached hydrogens (tertiary/aromatic N) is 3. The SMILES string of the molecule is CCNC(=NCC(C)(C)CN(C)C)NC1CCN(c2ccccc2)C1.I. The van der Waals surface area contributed by atoms with Crippen LogP contribution >= 0.6 is 24.0 Å². The standard InChI is InChI=1S/C20H35N5.HI/c1-6-21-19(22-15-20(2,3)16-24(4)5)23-17-12-13-25(14-17)18-10-8-7-9-11-18;/h7-11,17H,6,12-16H2,1-5H3,(H2,21,22,23);1H. The lowest BCUT2D eigenvalue weighted by Crippen LogP contribution is -2.45. The molecular weight excluding hydrogens is 437 g/mol. The first-order valence-electron chi connectivity index (χ1n) is 9.39. The van der Waals surface area contributed by atoms with Gasteiger partial charge in [-0.1, -0.05) is 32.0 Å². The quantitative estimate of drug-likeness (QED) is 0.363. The van der Waals surface area contributed by atoms with Crippen LogP contribution in [0, 0.1) is 5.41 Å². The Morgan fingerprint density at radius 2 is 1.96 bits per heavy atom. The highest BCUT2D eigenvalue weighted by Crippen LogP contribution is 2.20. The van der Waals surface area contributed by atoms with E-state index in [1.54, 1.807) is 0 Å². The number of hydrogen-bond acceptors (Lipinski definition) is 3. The molecule has 1 aliphatic rings. The van der Waals surface area contributed by atoms with E-state index < -0.39 is 0 Å². The Balaban J connectivity index is 0.00000338. The zero-order chi connectivity index (χ0) is 18.3. The summed E-state index contributed by atoms with van der Waals surface area (Å²) in [7, 11) is 4.23. The molecule has 0 radical (unpaired) electrons. The topological polar surface area (TPSA) is 42.9 Å². The first kappa shape index (κ1) is 23.0. The highest BCUT2D eigenvalue weighted by Gasteiger charge is 2.24. The first-order chi connectivity index (χ1) is 11.9. The van der Waals surface area contributed by atoms with E-state index in [0.717, 1.165) is 45.1 Å². The summed E-state index contributed by atoms with van der Waals surface area (Å²) in [6.45, 7) is 11.5. The van der Waals surface area contributed by atoms with E-state index in [4.69, 9.17) is 4.99 Å². The lowest BCUT2D eigenvalue weighted by Gasteiger charge is -2.27. The number of para-hydroxylation sites is 1. The Morgan fingerprint density at radius 3 is 2.58 bits per heavy atom. The third-order valence-corrected chi connectivity index (χ3v) is 4.40. The molecule has 1 heterocycles. The van der Waals surface area contributed by atoms with Crippen molar-refractivity contribution in [2.24, 2.45) is 10.4 Å². The number of rotatable bonds is 7. The molecule has 1 aliphatic heterocycles. The summed E-state index contributed by atoms with van der Waals surface area (Å²) in [4.78, 5) is 9.52. The van der Waals surface area contributed by atoms with E-state index in [1.807, 2.05) is 0 Å². The molecule has 5 nitrogen and oxygen atoms in total. The second-order valence-electron chi connectivity index (χ2n) is 8.01. The van der Waals surface area contributed by atoms with E-state index in [9.17, 15) is 0 Å². The zero-order valence-electron chi connectivity index (χ0n) is 17.0. The average Bonchev–Trinajstić information content (AvgIpc) is 3.01. The van der Waals surface area contributed by atoms with Crippen LogP contribution in [0.3, 0.4) is 0 Å². The molecule has 0 saturated carbocycles. The van der Waals surface area contributed by atoms with E-state index in [1.165, 1.54) is 5.69 Å². The number of anilines is 1. The van der Waals surface area contributed by atoms with Crippen molar-refractivity contribution in [1.29, 1.82) is 0 Å². The lowest BCUT2D eigenvalue weighted by molar-refractivity contribution is 0.248. The molecule has 0 spiro atoms. The van der Waals surface area contributed by atoms with Crippen molar-refractivity contribution in [2.45, 2.75) is 33.2 Å². The molecule has 1 atom stereocenters. The van der Waals surface area contributed by atoms with Crippen LogP contribution in [0.4, 0.5) is 5.69 Å². The van der Waals surface area contributed by atoms with Crippen LogP contribution in [0.1, 0.15) is 27.2 Å². The van der Waals surface area contributed by atoms with Gasteiger partial charge in [0.1, 0.15) is 0 Å². The monoisotopic (exact) mass is 473 g/mol. The summed E-state index contributed by atoms with van der Waals surface area (Å²) >= 11 is 0. The average molecular weight is 473 g/mol. The van der Waals surface area contributed by atoms with Gasteiger partial charge in [-0.3, -0.25) is 4.99 Å². The number of aliphatic imine (C=N–C) groups is 1. The first-order valence-corrected chi connectivity index (χ1v) is 9.39. The second kappa shape index (κ2) is 11.0. The predicted octanol–water partition coefficient (Wildman–Crippen LogP) is 3.03. The van der Waals surface area contributed by atoms with Gasteiger partial charge in [0.25, 0.3) is 0 Å². The third-order valence-electron chi connectivity index (χ3n) is 4.40. The van der Waals surface area contributed by atoms with E-state index >= 15 is 0 Å². The highest BCUT2D eigenvalue weighted by molar-refractivity contribution is 14.0. The Kier molecular flexibility index (Phi) is 9.71. The fraction of sp³-hybridized carbons (Fsp3) is 0.650. The minimum atomic E-state index is 0. The van der Waals surface area contributed by atoms with Gasteiger partial charge in [-0.25, -0.2) is 0 Å².